The maximum absolute atomic E-state index is 12.3. The number of benzene rings is 1. The fourth-order valence-electron chi connectivity index (χ4n) is 4.52. The zero-order chi connectivity index (χ0) is 15.9. The van der Waals surface area contributed by atoms with E-state index in [1.807, 2.05) is 7.05 Å². The van der Waals surface area contributed by atoms with E-state index in [4.69, 9.17) is 4.74 Å². The molecule has 1 aliphatic heterocycles. The molecule has 124 valence electrons. The number of urea groups is 1. The van der Waals surface area contributed by atoms with Crippen LogP contribution in [0.2, 0.25) is 0 Å². The van der Waals surface area contributed by atoms with Crippen LogP contribution < -0.4 is 5.32 Å². The molecule has 1 saturated heterocycles. The Morgan fingerprint density at radius 3 is 3.13 bits per heavy atom. The molecular formula is C19H26N2O2. The largest absolute Gasteiger partial charge is 0.376 e. The van der Waals surface area contributed by atoms with Gasteiger partial charge in [-0.25, -0.2) is 4.79 Å². The van der Waals surface area contributed by atoms with Crippen LogP contribution in [0.15, 0.2) is 24.3 Å². The van der Waals surface area contributed by atoms with Gasteiger partial charge < -0.3 is 15.0 Å². The van der Waals surface area contributed by atoms with Gasteiger partial charge in [0.1, 0.15) is 0 Å². The molecule has 4 nitrogen and oxygen atoms in total. The van der Waals surface area contributed by atoms with Crippen LogP contribution in [-0.4, -0.2) is 43.8 Å². The molecule has 3 aliphatic rings. The van der Waals surface area contributed by atoms with Gasteiger partial charge in [0.05, 0.1) is 6.10 Å². The van der Waals surface area contributed by atoms with E-state index in [1.165, 1.54) is 30.4 Å². The number of nitrogens with zero attached hydrogens (tertiary/aromatic N) is 1. The van der Waals surface area contributed by atoms with Crippen LogP contribution in [0.3, 0.4) is 0 Å². The molecule has 0 radical (unpaired) electrons. The standard InChI is InChI=1S/C19H26N2O2/c1-21(13-16-6-4-10-23-16)18(22)20-12-15-11-19(15)9-8-14-5-2-3-7-17(14)19/h2-3,5,7,15-16H,4,6,8-13H2,1H3,(H,20,22)/t15-,16-,19+/m0/s1. The number of hydrogen-bond acceptors (Lipinski definition) is 2. The van der Waals surface area contributed by atoms with Crippen LogP contribution in [0, 0.1) is 5.92 Å². The lowest BCUT2D eigenvalue weighted by molar-refractivity contribution is 0.0874. The Bertz CT molecular complexity index is 597. The highest BCUT2D eigenvalue weighted by Gasteiger charge is 2.57. The second kappa shape index (κ2) is 5.82. The Morgan fingerprint density at radius 1 is 1.43 bits per heavy atom. The van der Waals surface area contributed by atoms with Crippen LogP contribution in [0.1, 0.15) is 36.8 Å². The average Bonchev–Trinajstić information content (AvgIpc) is 2.87. The molecule has 4 heteroatoms. The molecule has 2 fully saturated rings. The van der Waals surface area contributed by atoms with E-state index in [9.17, 15) is 4.79 Å². The van der Waals surface area contributed by atoms with Gasteiger partial charge in [0.15, 0.2) is 0 Å². The number of nitrogens with one attached hydrogen (secondary N) is 1. The molecule has 0 aromatic heterocycles. The van der Waals surface area contributed by atoms with Crippen molar-refractivity contribution in [2.24, 2.45) is 5.92 Å². The van der Waals surface area contributed by atoms with E-state index in [0.29, 0.717) is 17.9 Å². The molecule has 4 rings (SSSR count). The number of hydrogen-bond donors (Lipinski definition) is 1. The van der Waals surface area contributed by atoms with Crippen molar-refractivity contribution >= 4 is 6.03 Å². The topological polar surface area (TPSA) is 41.6 Å². The van der Waals surface area contributed by atoms with Crippen molar-refractivity contribution in [2.75, 3.05) is 26.7 Å². The molecule has 0 unspecified atom stereocenters. The predicted octanol–water partition coefficient (Wildman–Crippen LogP) is 2.71. The Hall–Kier alpha value is -1.55. The van der Waals surface area contributed by atoms with Gasteiger partial charge in [0.25, 0.3) is 0 Å². The molecule has 1 N–H and O–H groups in total. The summed E-state index contributed by atoms with van der Waals surface area (Å²) < 4.78 is 5.61. The van der Waals surface area contributed by atoms with Crippen molar-refractivity contribution in [3.8, 4) is 0 Å². The lowest BCUT2D eigenvalue weighted by atomic mass is 9.95. The third kappa shape index (κ3) is 2.74. The molecule has 1 aromatic rings. The van der Waals surface area contributed by atoms with E-state index in [1.54, 1.807) is 4.90 Å². The zero-order valence-electron chi connectivity index (χ0n) is 13.9. The van der Waals surface area contributed by atoms with Crippen molar-refractivity contribution in [1.29, 1.82) is 0 Å². The highest BCUT2D eigenvalue weighted by Crippen LogP contribution is 2.61. The van der Waals surface area contributed by atoms with Gasteiger partial charge in [-0.15, -0.1) is 0 Å². The number of carbonyl (C=O) groups is 1. The van der Waals surface area contributed by atoms with Crippen molar-refractivity contribution in [3.63, 3.8) is 0 Å². The van der Waals surface area contributed by atoms with Crippen LogP contribution in [-0.2, 0) is 16.6 Å². The van der Waals surface area contributed by atoms with Gasteiger partial charge in [-0.1, -0.05) is 24.3 Å². The second-order valence-electron chi connectivity index (χ2n) is 7.42. The first kappa shape index (κ1) is 15.0. The fourth-order valence-corrected chi connectivity index (χ4v) is 4.52. The number of likely N-dealkylation sites (N-methyl/N-ethyl adjacent to an activating group) is 1. The smallest absolute Gasteiger partial charge is 0.317 e. The number of aryl methyl sites for hydroxylation is 1. The van der Waals surface area contributed by atoms with Gasteiger partial charge in [-0.2, -0.15) is 0 Å². The molecule has 1 aromatic carbocycles. The summed E-state index contributed by atoms with van der Waals surface area (Å²) in [4.78, 5) is 14.0. The third-order valence-electron chi connectivity index (χ3n) is 5.97. The molecule has 1 heterocycles. The normalized spacial score (nSPS) is 31.2. The number of ether oxygens (including phenoxy) is 1. The van der Waals surface area contributed by atoms with Crippen LogP contribution >= 0.6 is 0 Å². The predicted molar refractivity (Wildman–Crippen MR) is 89.6 cm³/mol. The van der Waals surface area contributed by atoms with E-state index in [2.05, 4.69) is 29.6 Å². The van der Waals surface area contributed by atoms with Crippen LogP contribution in [0.4, 0.5) is 4.79 Å². The van der Waals surface area contributed by atoms with E-state index >= 15 is 0 Å². The van der Waals surface area contributed by atoms with Crippen LogP contribution in [0.5, 0.6) is 0 Å². The van der Waals surface area contributed by atoms with Crippen LogP contribution in [0.25, 0.3) is 0 Å². The summed E-state index contributed by atoms with van der Waals surface area (Å²) in [7, 11) is 1.87. The Morgan fingerprint density at radius 2 is 2.30 bits per heavy atom. The Labute approximate surface area is 138 Å². The SMILES string of the molecule is CN(C[C@@H]1CCCO1)C(=O)NC[C@@H]1C[C@]12CCc1ccccc12. The average molecular weight is 314 g/mol. The number of rotatable bonds is 4. The minimum atomic E-state index is 0.0360. The maximum atomic E-state index is 12.3. The summed E-state index contributed by atoms with van der Waals surface area (Å²) in [5, 5.41) is 3.13. The monoisotopic (exact) mass is 314 g/mol. The van der Waals surface area contributed by atoms with Gasteiger partial charge in [-0.3, -0.25) is 0 Å². The first-order valence-corrected chi connectivity index (χ1v) is 8.88. The lowest BCUT2D eigenvalue weighted by Crippen LogP contribution is -2.42. The van der Waals surface area contributed by atoms with E-state index in [0.717, 1.165) is 26.0 Å². The number of fused-ring (bicyclic) bond motifs is 2. The van der Waals surface area contributed by atoms with Gasteiger partial charge in [0.2, 0.25) is 0 Å². The first-order chi connectivity index (χ1) is 11.2. The third-order valence-corrected chi connectivity index (χ3v) is 5.97. The van der Waals surface area contributed by atoms with Gasteiger partial charge in [0, 0.05) is 32.2 Å². The highest BCUT2D eigenvalue weighted by molar-refractivity contribution is 5.74. The van der Waals surface area contributed by atoms with Gasteiger partial charge in [-0.05, 0) is 49.1 Å². The zero-order valence-corrected chi connectivity index (χ0v) is 13.9. The summed E-state index contributed by atoms with van der Waals surface area (Å²) in [6, 6.07) is 8.86. The molecule has 2 aliphatic carbocycles. The summed E-state index contributed by atoms with van der Waals surface area (Å²) >= 11 is 0. The minimum absolute atomic E-state index is 0.0360. The van der Waals surface area contributed by atoms with Crippen molar-refractivity contribution < 1.29 is 9.53 Å². The summed E-state index contributed by atoms with van der Waals surface area (Å²) in [5.41, 5.74) is 3.40. The summed E-state index contributed by atoms with van der Waals surface area (Å²) in [5.74, 6) is 0.603. The summed E-state index contributed by atoms with van der Waals surface area (Å²) in [6.45, 7) is 2.33. The fraction of sp³-hybridized carbons (Fsp3) is 0.632. The summed E-state index contributed by atoms with van der Waals surface area (Å²) in [6.07, 6.45) is 6.07. The molecule has 1 saturated carbocycles. The molecule has 1 spiro atoms. The first-order valence-electron chi connectivity index (χ1n) is 8.88. The van der Waals surface area contributed by atoms with E-state index < -0.39 is 0 Å². The quantitative estimate of drug-likeness (QED) is 0.928. The number of carbonyl (C=O) groups excluding carboxylic acids is 1. The van der Waals surface area contributed by atoms with E-state index in [-0.39, 0.29) is 12.1 Å². The Kier molecular flexibility index (Phi) is 3.80. The molecule has 0 bridgehead atoms. The molecule has 3 atom stereocenters. The molecule has 23 heavy (non-hydrogen) atoms. The van der Waals surface area contributed by atoms with Gasteiger partial charge >= 0.3 is 6.03 Å². The minimum Gasteiger partial charge on any atom is -0.376 e. The molecular weight excluding hydrogens is 288 g/mol. The maximum Gasteiger partial charge on any atom is 0.317 e. The van der Waals surface area contributed by atoms with Crippen molar-refractivity contribution in [2.45, 2.75) is 43.6 Å². The van der Waals surface area contributed by atoms with Crippen molar-refractivity contribution in [1.82, 2.24) is 10.2 Å². The lowest BCUT2D eigenvalue weighted by Gasteiger charge is -2.21. The highest BCUT2D eigenvalue weighted by atomic mass is 16.5. The Balaban J connectivity index is 1.29. The van der Waals surface area contributed by atoms with Crippen molar-refractivity contribution in [3.05, 3.63) is 35.4 Å². The number of amides is 2. The molecule has 2 amide bonds. The second-order valence-corrected chi connectivity index (χ2v) is 7.42.